The number of ketones is 3. The van der Waals surface area contributed by atoms with Gasteiger partial charge in [-0.2, -0.15) is 0 Å². The second-order valence-electron chi connectivity index (χ2n) is 8.85. The van der Waals surface area contributed by atoms with E-state index in [1.807, 2.05) is 98.9 Å². The van der Waals surface area contributed by atoms with Crippen molar-refractivity contribution < 1.29 is 14.4 Å². The average Bonchev–Trinajstić information content (AvgIpc) is 2.84. The number of carbonyl (C=O) groups excluding carboxylic acids is 3. The highest BCUT2D eigenvalue weighted by Crippen LogP contribution is 2.35. The predicted molar refractivity (Wildman–Crippen MR) is 126 cm³/mol. The lowest BCUT2D eigenvalue weighted by atomic mass is 9.73. The molecule has 32 heavy (non-hydrogen) atoms. The largest absolute Gasteiger partial charge is 0.298 e. The van der Waals surface area contributed by atoms with Crippen molar-refractivity contribution >= 4 is 17.3 Å². The highest BCUT2D eigenvalue weighted by molar-refractivity contribution is 6.04. The molecule has 0 saturated heterocycles. The van der Waals surface area contributed by atoms with E-state index in [1.165, 1.54) is 0 Å². The number of hydrogen-bond donors (Lipinski definition) is 0. The lowest BCUT2D eigenvalue weighted by Gasteiger charge is -2.28. The van der Waals surface area contributed by atoms with Crippen molar-refractivity contribution in [1.29, 1.82) is 0 Å². The van der Waals surface area contributed by atoms with E-state index in [2.05, 4.69) is 0 Å². The second kappa shape index (κ2) is 8.51. The van der Waals surface area contributed by atoms with Crippen LogP contribution in [0.4, 0.5) is 0 Å². The van der Waals surface area contributed by atoms with E-state index < -0.39 is 22.7 Å². The third-order valence-corrected chi connectivity index (χ3v) is 6.31. The molecule has 3 nitrogen and oxygen atoms in total. The molecular formula is C29H26O3. The molecule has 0 amide bonds. The molecule has 160 valence electrons. The van der Waals surface area contributed by atoms with Crippen LogP contribution in [0.15, 0.2) is 109 Å². The molecule has 0 aliphatic heterocycles. The number of Topliss-reactive ketones (excluding diaryl/α,β-unsaturated/α-hetero) is 3. The number of carbonyl (C=O) groups is 3. The molecule has 0 atom stereocenters. The van der Waals surface area contributed by atoms with Crippen LogP contribution in [0.25, 0.3) is 0 Å². The van der Waals surface area contributed by atoms with Crippen molar-refractivity contribution in [3.8, 4) is 0 Å². The minimum absolute atomic E-state index is 0.00384. The number of rotatable bonds is 6. The zero-order chi connectivity index (χ0) is 22.8. The molecule has 0 saturated carbocycles. The van der Waals surface area contributed by atoms with Gasteiger partial charge in [-0.05, 0) is 13.8 Å². The Morgan fingerprint density at radius 2 is 0.875 bits per heavy atom. The van der Waals surface area contributed by atoms with Gasteiger partial charge in [-0.25, -0.2) is 0 Å². The van der Waals surface area contributed by atoms with Crippen molar-refractivity contribution in [1.82, 2.24) is 0 Å². The molecule has 0 bridgehead atoms. The van der Waals surface area contributed by atoms with Crippen molar-refractivity contribution in [2.24, 2.45) is 22.7 Å². The number of allylic oxidation sites excluding steroid dienone is 8. The van der Waals surface area contributed by atoms with E-state index in [9.17, 15) is 14.4 Å². The Labute approximate surface area is 188 Å². The Morgan fingerprint density at radius 3 is 1.19 bits per heavy atom. The summed E-state index contributed by atoms with van der Waals surface area (Å²) in [5, 5.41) is 0. The van der Waals surface area contributed by atoms with Crippen LogP contribution in [0.3, 0.4) is 0 Å². The maximum Gasteiger partial charge on any atom is 0.176 e. The van der Waals surface area contributed by atoms with Crippen molar-refractivity contribution in [2.45, 2.75) is 13.8 Å². The maximum absolute atomic E-state index is 13.1. The first-order valence-corrected chi connectivity index (χ1v) is 10.8. The van der Waals surface area contributed by atoms with Gasteiger partial charge < -0.3 is 0 Å². The number of hydrogen-bond acceptors (Lipinski definition) is 3. The summed E-state index contributed by atoms with van der Waals surface area (Å²) in [6.07, 6.45) is 14.5. The molecule has 0 spiro atoms. The van der Waals surface area contributed by atoms with Gasteiger partial charge in [0, 0.05) is 11.1 Å². The molecule has 2 aromatic rings. The summed E-state index contributed by atoms with van der Waals surface area (Å²) in [6.45, 7) is 3.72. The zero-order valence-corrected chi connectivity index (χ0v) is 18.3. The molecule has 0 unspecified atom stereocenters. The van der Waals surface area contributed by atoms with Crippen LogP contribution in [0, 0.1) is 22.7 Å². The van der Waals surface area contributed by atoms with Crippen molar-refractivity contribution in [3.63, 3.8) is 0 Å². The minimum Gasteiger partial charge on any atom is -0.298 e. The quantitative estimate of drug-likeness (QED) is 0.435. The fourth-order valence-corrected chi connectivity index (χ4v) is 4.16. The van der Waals surface area contributed by atoms with E-state index in [-0.39, 0.29) is 17.3 Å². The molecule has 0 radical (unpaired) electrons. The molecule has 0 heterocycles. The summed E-state index contributed by atoms with van der Waals surface area (Å²) < 4.78 is 0. The lowest BCUT2D eigenvalue weighted by molar-refractivity contribution is -0.121. The number of benzene rings is 2. The van der Waals surface area contributed by atoms with E-state index in [4.69, 9.17) is 0 Å². The Hall–Kier alpha value is -3.59. The highest BCUT2D eigenvalue weighted by atomic mass is 16.1. The third kappa shape index (κ3) is 4.11. The SMILES string of the molecule is CC1(C(=O)c2ccccc2)C=CC(C(=O)C2C=CC(C)(C(=O)c3ccccc3)C=C2)C=C1. The van der Waals surface area contributed by atoms with E-state index in [0.29, 0.717) is 11.1 Å². The van der Waals surface area contributed by atoms with E-state index in [0.717, 1.165) is 0 Å². The Kier molecular flexibility index (Phi) is 5.75. The minimum atomic E-state index is -0.767. The van der Waals surface area contributed by atoms with Gasteiger partial charge in [-0.15, -0.1) is 0 Å². The van der Waals surface area contributed by atoms with Gasteiger partial charge in [0.05, 0.1) is 22.7 Å². The smallest absolute Gasteiger partial charge is 0.176 e. The summed E-state index contributed by atoms with van der Waals surface area (Å²) in [4.78, 5) is 38.9. The summed E-state index contributed by atoms with van der Waals surface area (Å²) in [5.74, 6) is -0.776. The summed E-state index contributed by atoms with van der Waals surface area (Å²) in [7, 11) is 0. The Morgan fingerprint density at radius 1 is 0.562 bits per heavy atom. The fraction of sp³-hybridized carbons (Fsp3) is 0.207. The van der Waals surface area contributed by atoms with Crippen LogP contribution in [0.2, 0.25) is 0 Å². The van der Waals surface area contributed by atoms with Gasteiger partial charge in [0.15, 0.2) is 17.3 Å². The van der Waals surface area contributed by atoms with Crippen LogP contribution in [0.1, 0.15) is 34.6 Å². The Bertz CT molecular complexity index is 1030. The summed E-state index contributed by atoms with van der Waals surface area (Å²) in [5.41, 5.74) is -0.238. The molecule has 2 aromatic carbocycles. The van der Waals surface area contributed by atoms with Gasteiger partial charge in [0.25, 0.3) is 0 Å². The third-order valence-electron chi connectivity index (χ3n) is 6.31. The monoisotopic (exact) mass is 422 g/mol. The normalized spacial score (nSPS) is 28.4. The van der Waals surface area contributed by atoms with Crippen LogP contribution in [0.5, 0.6) is 0 Å². The van der Waals surface area contributed by atoms with E-state index in [1.54, 1.807) is 24.3 Å². The van der Waals surface area contributed by atoms with Gasteiger partial charge >= 0.3 is 0 Å². The lowest BCUT2D eigenvalue weighted by Crippen LogP contribution is -2.30. The van der Waals surface area contributed by atoms with Crippen LogP contribution in [-0.4, -0.2) is 17.3 Å². The molecule has 0 aromatic heterocycles. The molecular weight excluding hydrogens is 396 g/mol. The second-order valence-corrected chi connectivity index (χ2v) is 8.85. The van der Waals surface area contributed by atoms with Crippen LogP contribution < -0.4 is 0 Å². The van der Waals surface area contributed by atoms with Gasteiger partial charge in [-0.1, -0.05) is 109 Å². The van der Waals surface area contributed by atoms with Crippen molar-refractivity contribution in [3.05, 3.63) is 120 Å². The molecule has 2 aliphatic carbocycles. The summed E-state index contributed by atoms with van der Waals surface area (Å²) in [6, 6.07) is 18.3. The standard InChI is InChI=1S/C29H26O3/c1-28(26(31)23-9-5-3-6-10-23)17-13-21(14-18-28)25(30)22-15-19-29(2,20-16-22)27(32)24-11-7-4-8-12-24/h3-22H,1-2H3. The first-order valence-electron chi connectivity index (χ1n) is 10.8. The molecule has 0 fully saturated rings. The van der Waals surface area contributed by atoms with Crippen molar-refractivity contribution in [2.75, 3.05) is 0 Å². The van der Waals surface area contributed by atoms with E-state index >= 15 is 0 Å². The fourth-order valence-electron chi connectivity index (χ4n) is 4.16. The topological polar surface area (TPSA) is 51.2 Å². The molecule has 4 rings (SSSR count). The summed E-state index contributed by atoms with van der Waals surface area (Å²) >= 11 is 0. The first kappa shape index (κ1) is 21.6. The van der Waals surface area contributed by atoms with Gasteiger partial charge in [0.2, 0.25) is 0 Å². The van der Waals surface area contributed by atoms with Crippen LogP contribution in [-0.2, 0) is 4.79 Å². The predicted octanol–water partition coefficient (Wildman–Crippen LogP) is 5.82. The average molecular weight is 423 g/mol. The Balaban J connectivity index is 1.44. The molecule has 3 heteroatoms. The van der Waals surface area contributed by atoms with Gasteiger partial charge in [0.1, 0.15) is 0 Å². The molecule has 0 N–H and O–H groups in total. The zero-order valence-electron chi connectivity index (χ0n) is 18.3. The molecule has 2 aliphatic rings. The first-order chi connectivity index (χ1) is 15.3. The van der Waals surface area contributed by atoms with Crippen LogP contribution >= 0.6 is 0 Å². The maximum atomic E-state index is 13.1. The highest BCUT2D eigenvalue weighted by Gasteiger charge is 2.35. The van der Waals surface area contributed by atoms with Gasteiger partial charge in [-0.3, -0.25) is 14.4 Å².